The van der Waals surface area contributed by atoms with Gasteiger partial charge in [-0.05, 0) is 18.1 Å². The molecular formula is C18H21NO. The molecule has 2 nitrogen and oxygen atoms in total. The summed E-state index contributed by atoms with van der Waals surface area (Å²) in [6.07, 6.45) is 0. The molecule has 1 N–H and O–H groups in total. The second kappa shape index (κ2) is 5.78. The summed E-state index contributed by atoms with van der Waals surface area (Å²) in [6, 6.07) is 22.0. The van der Waals surface area contributed by atoms with Crippen LogP contribution in [0, 0.1) is 5.92 Å². The summed E-state index contributed by atoms with van der Waals surface area (Å²) < 4.78 is 0. The third-order valence-corrected chi connectivity index (χ3v) is 4.45. The lowest BCUT2D eigenvalue weighted by Gasteiger charge is -2.50. The smallest absolute Gasteiger partial charge is 0.0604 e. The van der Waals surface area contributed by atoms with Gasteiger partial charge in [-0.25, -0.2) is 0 Å². The minimum Gasteiger partial charge on any atom is -0.396 e. The van der Waals surface area contributed by atoms with E-state index >= 15 is 0 Å². The molecule has 0 aromatic heterocycles. The van der Waals surface area contributed by atoms with Crippen molar-refractivity contribution < 1.29 is 5.11 Å². The molecule has 1 aliphatic heterocycles. The molecule has 0 aliphatic carbocycles. The Morgan fingerprint density at radius 2 is 1.50 bits per heavy atom. The molecule has 2 unspecified atom stereocenters. The largest absolute Gasteiger partial charge is 0.396 e. The first kappa shape index (κ1) is 13.3. The Balaban J connectivity index is 1.94. The molecule has 2 atom stereocenters. The lowest BCUT2D eigenvalue weighted by atomic mass is 9.84. The Hall–Kier alpha value is -1.64. The second-order valence-electron chi connectivity index (χ2n) is 5.60. The van der Waals surface area contributed by atoms with E-state index in [1.807, 2.05) is 0 Å². The van der Waals surface area contributed by atoms with Gasteiger partial charge in [-0.3, -0.25) is 4.90 Å². The van der Waals surface area contributed by atoms with Crippen molar-refractivity contribution in [1.82, 2.24) is 4.90 Å². The van der Waals surface area contributed by atoms with Gasteiger partial charge in [0.1, 0.15) is 0 Å². The number of benzene rings is 2. The Morgan fingerprint density at radius 1 is 1.00 bits per heavy atom. The van der Waals surface area contributed by atoms with Gasteiger partial charge in [-0.2, -0.15) is 0 Å². The van der Waals surface area contributed by atoms with Gasteiger partial charge in [-0.1, -0.05) is 60.7 Å². The highest BCUT2D eigenvalue weighted by molar-refractivity contribution is 5.32. The highest BCUT2D eigenvalue weighted by atomic mass is 16.3. The Labute approximate surface area is 120 Å². The summed E-state index contributed by atoms with van der Waals surface area (Å²) in [5, 5.41) is 9.37. The fraction of sp³-hybridized carbons (Fsp3) is 0.333. The van der Waals surface area contributed by atoms with Crippen molar-refractivity contribution in [2.75, 3.05) is 13.2 Å². The van der Waals surface area contributed by atoms with Crippen molar-refractivity contribution in [2.45, 2.75) is 19.0 Å². The van der Waals surface area contributed by atoms with Crippen molar-refractivity contribution in [3.63, 3.8) is 0 Å². The molecule has 20 heavy (non-hydrogen) atoms. The maximum absolute atomic E-state index is 9.37. The monoisotopic (exact) mass is 267 g/mol. The predicted octanol–water partition coefficient (Wildman–Crippen LogP) is 3.09. The van der Waals surface area contributed by atoms with Gasteiger partial charge in [0.2, 0.25) is 0 Å². The summed E-state index contributed by atoms with van der Waals surface area (Å²) in [4.78, 5) is 2.48. The second-order valence-corrected chi connectivity index (χ2v) is 5.60. The van der Waals surface area contributed by atoms with E-state index in [0.29, 0.717) is 12.0 Å². The van der Waals surface area contributed by atoms with E-state index in [2.05, 4.69) is 72.5 Å². The van der Waals surface area contributed by atoms with Gasteiger partial charge in [0.25, 0.3) is 0 Å². The maximum atomic E-state index is 9.37. The van der Waals surface area contributed by atoms with Crippen LogP contribution in [0.25, 0.3) is 0 Å². The molecule has 0 amide bonds. The van der Waals surface area contributed by atoms with E-state index in [1.165, 1.54) is 11.1 Å². The van der Waals surface area contributed by atoms with Crippen molar-refractivity contribution in [2.24, 2.45) is 5.92 Å². The molecule has 0 radical (unpaired) electrons. The van der Waals surface area contributed by atoms with Crippen LogP contribution in [0.1, 0.15) is 24.1 Å². The molecule has 1 heterocycles. The summed E-state index contributed by atoms with van der Waals surface area (Å²) in [7, 11) is 0. The van der Waals surface area contributed by atoms with Crippen LogP contribution in [0.15, 0.2) is 60.7 Å². The molecule has 0 spiro atoms. The van der Waals surface area contributed by atoms with Crippen LogP contribution >= 0.6 is 0 Å². The first-order valence-electron chi connectivity index (χ1n) is 7.27. The van der Waals surface area contributed by atoms with Gasteiger partial charge < -0.3 is 5.11 Å². The van der Waals surface area contributed by atoms with Gasteiger partial charge in [-0.15, -0.1) is 0 Å². The fourth-order valence-electron chi connectivity index (χ4n) is 3.12. The number of hydrogen-bond donors (Lipinski definition) is 1. The summed E-state index contributed by atoms with van der Waals surface area (Å²) in [5.74, 6) is 0.407. The summed E-state index contributed by atoms with van der Waals surface area (Å²) in [5.41, 5.74) is 2.64. The molecule has 1 fully saturated rings. The summed E-state index contributed by atoms with van der Waals surface area (Å²) >= 11 is 0. The van der Waals surface area contributed by atoms with E-state index in [4.69, 9.17) is 0 Å². The number of likely N-dealkylation sites (tertiary alicyclic amines) is 1. The highest BCUT2D eigenvalue weighted by Gasteiger charge is 2.40. The van der Waals surface area contributed by atoms with Crippen molar-refractivity contribution >= 4 is 0 Å². The lowest BCUT2D eigenvalue weighted by molar-refractivity contribution is -0.0278. The maximum Gasteiger partial charge on any atom is 0.0604 e. The van der Waals surface area contributed by atoms with Crippen LogP contribution < -0.4 is 0 Å². The number of hydrogen-bond acceptors (Lipinski definition) is 2. The van der Waals surface area contributed by atoms with E-state index in [-0.39, 0.29) is 12.6 Å². The molecule has 104 valence electrons. The molecule has 0 bridgehead atoms. The summed E-state index contributed by atoms with van der Waals surface area (Å²) in [6.45, 7) is 3.46. The van der Waals surface area contributed by atoms with Crippen LogP contribution in [-0.2, 0) is 0 Å². The number of aliphatic hydroxyl groups excluding tert-OH is 1. The average Bonchev–Trinajstić information content (AvgIpc) is 2.52. The van der Waals surface area contributed by atoms with E-state index < -0.39 is 0 Å². The molecule has 2 aromatic rings. The van der Waals surface area contributed by atoms with E-state index in [0.717, 1.165) is 6.54 Å². The molecule has 2 heteroatoms. The standard InChI is InChI=1S/C18H21NO/c1-14-17(13-20)12-19(14)18(15-8-4-2-5-9-15)16-10-6-3-7-11-16/h2-11,14,17-18,20H,12-13H2,1H3. The zero-order chi connectivity index (χ0) is 13.9. The van der Waals surface area contributed by atoms with Gasteiger partial charge >= 0.3 is 0 Å². The third kappa shape index (κ3) is 2.37. The topological polar surface area (TPSA) is 23.5 Å². The number of rotatable bonds is 4. The van der Waals surface area contributed by atoms with E-state index in [9.17, 15) is 5.11 Å². The number of nitrogens with zero attached hydrogens (tertiary/aromatic N) is 1. The molecule has 0 saturated carbocycles. The average molecular weight is 267 g/mol. The SMILES string of the molecule is CC1C(CO)CN1C(c1ccccc1)c1ccccc1. The van der Waals surface area contributed by atoms with Crippen LogP contribution in [0.3, 0.4) is 0 Å². The minimum absolute atomic E-state index is 0.286. The molecular weight excluding hydrogens is 246 g/mol. The van der Waals surface area contributed by atoms with E-state index in [1.54, 1.807) is 0 Å². The zero-order valence-electron chi connectivity index (χ0n) is 11.8. The number of aliphatic hydroxyl groups is 1. The fourth-order valence-corrected chi connectivity index (χ4v) is 3.12. The van der Waals surface area contributed by atoms with Crippen molar-refractivity contribution in [3.8, 4) is 0 Å². The van der Waals surface area contributed by atoms with Gasteiger partial charge in [0.15, 0.2) is 0 Å². The van der Waals surface area contributed by atoms with Crippen molar-refractivity contribution in [1.29, 1.82) is 0 Å². The van der Waals surface area contributed by atoms with Gasteiger partial charge in [0.05, 0.1) is 6.04 Å². The van der Waals surface area contributed by atoms with Crippen molar-refractivity contribution in [3.05, 3.63) is 71.8 Å². The molecule has 1 saturated heterocycles. The minimum atomic E-state index is 0.286. The van der Waals surface area contributed by atoms with Crippen LogP contribution in [0.4, 0.5) is 0 Å². The molecule has 3 rings (SSSR count). The van der Waals surface area contributed by atoms with Crippen LogP contribution in [0.5, 0.6) is 0 Å². The van der Waals surface area contributed by atoms with Gasteiger partial charge in [0, 0.05) is 25.1 Å². The quantitative estimate of drug-likeness (QED) is 0.920. The Morgan fingerprint density at radius 3 is 1.90 bits per heavy atom. The first-order chi connectivity index (χ1) is 9.81. The molecule has 1 aliphatic rings. The predicted molar refractivity (Wildman–Crippen MR) is 81.5 cm³/mol. The Kier molecular flexibility index (Phi) is 3.86. The lowest BCUT2D eigenvalue weighted by Crippen LogP contribution is -2.57. The normalized spacial score (nSPS) is 22.8. The molecule has 2 aromatic carbocycles. The highest BCUT2D eigenvalue weighted by Crippen LogP contribution is 2.38. The first-order valence-corrected chi connectivity index (χ1v) is 7.27. The zero-order valence-corrected chi connectivity index (χ0v) is 11.8. The Bertz CT molecular complexity index is 500. The van der Waals surface area contributed by atoms with Crippen LogP contribution in [0.2, 0.25) is 0 Å². The third-order valence-electron chi connectivity index (χ3n) is 4.45. The van der Waals surface area contributed by atoms with Crippen LogP contribution in [-0.4, -0.2) is 29.2 Å².